The van der Waals surface area contributed by atoms with Crippen LogP contribution in [0.1, 0.15) is 44.4 Å². The Balaban J connectivity index is 2.11. The lowest BCUT2D eigenvalue weighted by molar-refractivity contribution is -0.120. The molecule has 1 atom stereocenters. The van der Waals surface area contributed by atoms with Gasteiger partial charge < -0.3 is 5.32 Å². The molecule has 2 aromatic rings. The molecule has 1 fully saturated rings. The minimum atomic E-state index is -0.498. The van der Waals surface area contributed by atoms with Crippen LogP contribution in [0.3, 0.4) is 0 Å². The third kappa shape index (κ3) is 2.41. The summed E-state index contributed by atoms with van der Waals surface area (Å²) >= 11 is 0. The summed E-state index contributed by atoms with van der Waals surface area (Å²) in [5.74, 6) is 0.870. The van der Waals surface area contributed by atoms with Crippen LogP contribution < -0.4 is 5.32 Å². The molecule has 1 aromatic carbocycles. The molecule has 3 rings (SSSR count). The first-order valence-corrected chi connectivity index (χ1v) is 8.25. The number of likely N-dealkylation sites (N-methyl/N-ethyl adjacent to an activating group) is 1. The lowest BCUT2D eigenvalue weighted by Gasteiger charge is -2.21. The normalized spacial score (nSPS) is 21.5. The first kappa shape index (κ1) is 16.6. The number of aryl methyl sites for hydroxylation is 1. The van der Waals surface area contributed by atoms with Crippen LogP contribution >= 0.6 is 0 Å². The third-order valence-electron chi connectivity index (χ3n) is 5.07. The zero-order valence-corrected chi connectivity index (χ0v) is 14.6. The van der Waals surface area contributed by atoms with Crippen molar-refractivity contribution in [3.63, 3.8) is 0 Å². The predicted molar refractivity (Wildman–Crippen MR) is 89.0 cm³/mol. The molecule has 6 heteroatoms. The van der Waals surface area contributed by atoms with E-state index in [9.17, 15) is 9.18 Å². The maximum atomic E-state index is 14.5. The Morgan fingerprint density at radius 1 is 1.38 bits per heavy atom. The number of rotatable bonds is 5. The van der Waals surface area contributed by atoms with Crippen molar-refractivity contribution < 1.29 is 9.18 Å². The highest BCUT2D eigenvalue weighted by molar-refractivity contribution is 5.77. The van der Waals surface area contributed by atoms with E-state index < -0.39 is 5.41 Å². The SMILES string of the molecule is CCn1nc(CC(=O)NC)nc1C1(c2ccccc2F)CC1(C)C. The van der Waals surface area contributed by atoms with Crippen molar-refractivity contribution >= 4 is 5.91 Å². The standard InChI is InChI=1S/C18H23FN4O/c1-5-23-16(21-14(22-23)10-15(24)20-4)18(11-17(18,2)3)12-8-6-7-9-13(12)19/h6-9H,5,10-11H2,1-4H3,(H,20,24). The molecule has 1 saturated carbocycles. The van der Waals surface area contributed by atoms with Crippen LogP contribution in [0.4, 0.5) is 4.39 Å². The van der Waals surface area contributed by atoms with E-state index in [1.165, 1.54) is 6.07 Å². The summed E-state index contributed by atoms with van der Waals surface area (Å²) in [6.07, 6.45) is 0.934. The lowest BCUT2D eigenvalue weighted by Crippen LogP contribution is -2.23. The van der Waals surface area contributed by atoms with E-state index in [4.69, 9.17) is 0 Å². The van der Waals surface area contributed by atoms with E-state index in [2.05, 4.69) is 29.2 Å². The monoisotopic (exact) mass is 330 g/mol. The molecule has 0 saturated heterocycles. The Labute approximate surface area is 141 Å². The molecule has 0 aliphatic heterocycles. The smallest absolute Gasteiger partial charge is 0.227 e. The second-order valence-electron chi connectivity index (χ2n) is 6.96. The van der Waals surface area contributed by atoms with Crippen LogP contribution in [0.15, 0.2) is 24.3 Å². The number of nitrogens with one attached hydrogen (secondary N) is 1. The van der Waals surface area contributed by atoms with Crippen molar-refractivity contribution in [2.75, 3.05) is 7.05 Å². The van der Waals surface area contributed by atoms with Gasteiger partial charge in [0.05, 0.1) is 11.8 Å². The van der Waals surface area contributed by atoms with Gasteiger partial charge in [-0.3, -0.25) is 4.79 Å². The van der Waals surface area contributed by atoms with E-state index in [-0.39, 0.29) is 23.6 Å². The van der Waals surface area contributed by atoms with E-state index in [0.717, 1.165) is 12.2 Å². The second kappa shape index (κ2) is 5.69. The molecule has 1 aliphatic carbocycles. The Bertz CT molecular complexity index is 783. The van der Waals surface area contributed by atoms with E-state index in [1.807, 2.05) is 19.1 Å². The highest BCUT2D eigenvalue weighted by Gasteiger charge is 2.66. The highest BCUT2D eigenvalue weighted by Crippen LogP contribution is 2.67. The molecular weight excluding hydrogens is 307 g/mol. The van der Waals surface area contributed by atoms with Gasteiger partial charge in [-0.05, 0) is 24.8 Å². The van der Waals surface area contributed by atoms with Crippen molar-refractivity contribution in [2.45, 2.75) is 45.6 Å². The van der Waals surface area contributed by atoms with Crippen LogP contribution in [0.25, 0.3) is 0 Å². The number of carbonyl (C=O) groups is 1. The molecule has 0 spiro atoms. The van der Waals surface area contributed by atoms with Gasteiger partial charge in [-0.15, -0.1) is 0 Å². The molecule has 128 valence electrons. The van der Waals surface area contributed by atoms with E-state index in [1.54, 1.807) is 17.8 Å². The summed E-state index contributed by atoms with van der Waals surface area (Å²) in [5, 5.41) is 7.05. The van der Waals surface area contributed by atoms with Gasteiger partial charge in [0.1, 0.15) is 11.6 Å². The topological polar surface area (TPSA) is 59.8 Å². The van der Waals surface area contributed by atoms with Gasteiger partial charge in [-0.2, -0.15) is 5.10 Å². The molecule has 0 radical (unpaired) electrons. The van der Waals surface area contributed by atoms with Crippen molar-refractivity contribution in [3.8, 4) is 0 Å². The zero-order valence-electron chi connectivity index (χ0n) is 14.6. The van der Waals surface area contributed by atoms with Crippen molar-refractivity contribution in [3.05, 3.63) is 47.3 Å². The quantitative estimate of drug-likeness (QED) is 0.916. The fourth-order valence-corrected chi connectivity index (χ4v) is 3.62. The van der Waals surface area contributed by atoms with Gasteiger partial charge in [0, 0.05) is 19.2 Å². The fourth-order valence-electron chi connectivity index (χ4n) is 3.62. The molecule has 24 heavy (non-hydrogen) atoms. The zero-order chi connectivity index (χ0) is 17.5. The predicted octanol–water partition coefficient (Wildman–Crippen LogP) is 2.44. The Hall–Kier alpha value is -2.24. The van der Waals surface area contributed by atoms with Gasteiger partial charge in [0.2, 0.25) is 5.91 Å². The van der Waals surface area contributed by atoms with Gasteiger partial charge in [0.25, 0.3) is 0 Å². The highest BCUT2D eigenvalue weighted by atomic mass is 19.1. The number of halogens is 1. The maximum Gasteiger partial charge on any atom is 0.227 e. The van der Waals surface area contributed by atoms with Gasteiger partial charge in [-0.1, -0.05) is 32.0 Å². The van der Waals surface area contributed by atoms with E-state index >= 15 is 0 Å². The molecule has 1 aliphatic rings. The largest absolute Gasteiger partial charge is 0.359 e. The summed E-state index contributed by atoms with van der Waals surface area (Å²) in [6, 6.07) is 6.87. The Morgan fingerprint density at radius 3 is 2.58 bits per heavy atom. The van der Waals surface area contributed by atoms with Gasteiger partial charge >= 0.3 is 0 Å². The first-order valence-electron chi connectivity index (χ1n) is 8.25. The number of hydrogen-bond acceptors (Lipinski definition) is 3. The molecule has 1 N–H and O–H groups in total. The maximum absolute atomic E-state index is 14.5. The number of hydrogen-bond donors (Lipinski definition) is 1. The average Bonchev–Trinajstić information content (AvgIpc) is 2.91. The summed E-state index contributed by atoms with van der Waals surface area (Å²) in [4.78, 5) is 16.3. The van der Waals surface area contributed by atoms with Crippen LogP contribution in [0.5, 0.6) is 0 Å². The molecule has 1 unspecified atom stereocenters. The van der Waals surface area contributed by atoms with Crippen molar-refractivity contribution in [1.29, 1.82) is 0 Å². The van der Waals surface area contributed by atoms with Crippen LogP contribution in [-0.2, 0) is 23.2 Å². The molecule has 1 heterocycles. The number of benzene rings is 1. The summed E-state index contributed by atoms with van der Waals surface area (Å²) in [5.41, 5.74) is 0.0467. The summed E-state index contributed by atoms with van der Waals surface area (Å²) < 4.78 is 16.3. The average molecular weight is 330 g/mol. The molecule has 1 aromatic heterocycles. The summed E-state index contributed by atoms with van der Waals surface area (Å²) in [7, 11) is 1.59. The van der Waals surface area contributed by atoms with E-state index in [0.29, 0.717) is 17.9 Å². The first-order chi connectivity index (χ1) is 11.4. The van der Waals surface area contributed by atoms with Crippen molar-refractivity contribution in [1.82, 2.24) is 20.1 Å². The van der Waals surface area contributed by atoms with Crippen molar-refractivity contribution in [2.24, 2.45) is 5.41 Å². The van der Waals surface area contributed by atoms with Gasteiger partial charge in [-0.25, -0.2) is 14.1 Å². The number of carbonyl (C=O) groups excluding carboxylic acids is 1. The minimum absolute atomic E-state index is 0.112. The minimum Gasteiger partial charge on any atom is -0.359 e. The molecular formula is C18H23FN4O. The number of nitrogens with zero attached hydrogens (tertiary/aromatic N) is 3. The van der Waals surface area contributed by atoms with Crippen LogP contribution in [0, 0.1) is 11.2 Å². The summed E-state index contributed by atoms with van der Waals surface area (Å²) in [6.45, 7) is 6.84. The number of aromatic nitrogens is 3. The van der Waals surface area contributed by atoms with Crippen LogP contribution in [0.2, 0.25) is 0 Å². The third-order valence-corrected chi connectivity index (χ3v) is 5.07. The molecule has 0 bridgehead atoms. The molecule has 5 nitrogen and oxygen atoms in total. The second-order valence-corrected chi connectivity index (χ2v) is 6.96. The van der Waals surface area contributed by atoms with Gasteiger partial charge in [0.15, 0.2) is 5.82 Å². The Kier molecular flexibility index (Phi) is 3.94. The lowest BCUT2D eigenvalue weighted by atomic mass is 9.86. The fraction of sp³-hybridized carbons (Fsp3) is 0.500. The number of amides is 1. The van der Waals surface area contributed by atoms with Crippen LogP contribution in [-0.4, -0.2) is 27.7 Å². The molecule has 1 amide bonds. The Morgan fingerprint density at radius 2 is 2.04 bits per heavy atom.